The quantitative estimate of drug-likeness (QED) is 0.778. The summed E-state index contributed by atoms with van der Waals surface area (Å²) in [5.41, 5.74) is 1.17. The lowest BCUT2D eigenvalue weighted by atomic mass is 9.85. The monoisotopic (exact) mass is 303 g/mol. The van der Waals surface area contributed by atoms with Crippen LogP contribution in [0.5, 0.6) is 0 Å². The molecule has 0 aromatic carbocycles. The third kappa shape index (κ3) is 2.77. The molecule has 2 aromatic rings. The highest BCUT2D eigenvalue weighted by Gasteiger charge is 2.32. The third-order valence-electron chi connectivity index (χ3n) is 4.38. The maximum atomic E-state index is 6.23. The Balaban J connectivity index is 1.63. The van der Waals surface area contributed by atoms with Crippen molar-refractivity contribution in [3.05, 3.63) is 41.2 Å². The summed E-state index contributed by atoms with van der Waals surface area (Å²) in [6.45, 7) is 0.818. The van der Waals surface area contributed by atoms with Crippen molar-refractivity contribution in [2.45, 2.75) is 50.6 Å². The van der Waals surface area contributed by atoms with Crippen LogP contribution in [0.3, 0.4) is 0 Å². The fourth-order valence-electron chi connectivity index (χ4n) is 2.78. The fourth-order valence-corrected chi connectivity index (χ4v) is 2.97. The van der Waals surface area contributed by atoms with Crippen molar-refractivity contribution in [3.63, 3.8) is 0 Å². The molecule has 2 fully saturated rings. The highest BCUT2D eigenvalue weighted by atomic mass is 35.5. The van der Waals surface area contributed by atoms with E-state index in [0.29, 0.717) is 17.1 Å². The largest absolute Gasteiger partial charge is 0.472 e. The van der Waals surface area contributed by atoms with Gasteiger partial charge in [-0.1, -0.05) is 18.0 Å². The predicted octanol–water partition coefficient (Wildman–Crippen LogP) is 4.16. The van der Waals surface area contributed by atoms with Crippen LogP contribution in [0.2, 0.25) is 5.15 Å². The lowest BCUT2D eigenvalue weighted by molar-refractivity contribution is 0.401. The summed E-state index contributed by atoms with van der Waals surface area (Å²) in [5.74, 6) is 2.37. The predicted molar refractivity (Wildman–Crippen MR) is 81.5 cm³/mol. The van der Waals surface area contributed by atoms with Crippen molar-refractivity contribution in [1.29, 1.82) is 0 Å². The Kier molecular flexibility index (Phi) is 3.34. The van der Waals surface area contributed by atoms with E-state index in [1.165, 1.54) is 37.7 Å². The van der Waals surface area contributed by atoms with Crippen LogP contribution in [0.4, 0.5) is 5.82 Å². The van der Waals surface area contributed by atoms with Crippen LogP contribution in [-0.4, -0.2) is 16.0 Å². The zero-order valence-electron chi connectivity index (χ0n) is 11.8. The molecule has 2 aromatic heterocycles. The zero-order valence-corrected chi connectivity index (χ0v) is 12.6. The zero-order chi connectivity index (χ0) is 14.2. The lowest BCUT2D eigenvalue weighted by Crippen LogP contribution is -2.27. The van der Waals surface area contributed by atoms with Crippen molar-refractivity contribution in [2.24, 2.45) is 0 Å². The van der Waals surface area contributed by atoms with Gasteiger partial charge in [-0.2, -0.15) is 0 Å². The van der Waals surface area contributed by atoms with Gasteiger partial charge >= 0.3 is 0 Å². The smallest absolute Gasteiger partial charge is 0.135 e. The van der Waals surface area contributed by atoms with Gasteiger partial charge in [0.1, 0.15) is 16.8 Å². The molecule has 4 nitrogen and oxygen atoms in total. The minimum atomic E-state index is 0.498. The number of aromatic nitrogens is 2. The van der Waals surface area contributed by atoms with Gasteiger partial charge in [0, 0.05) is 30.1 Å². The van der Waals surface area contributed by atoms with E-state index in [4.69, 9.17) is 21.0 Å². The minimum absolute atomic E-state index is 0.498. The van der Waals surface area contributed by atoms with E-state index in [9.17, 15) is 0 Å². The van der Waals surface area contributed by atoms with Crippen LogP contribution in [-0.2, 0) is 6.54 Å². The number of halogens is 1. The minimum Gasteiger partial charge on any atom is -0.472 e. The first-order chi connectivity index (χ1) is 10.3. The van der Waals surface area contributed by atoms with Crippen molar-refractivity contribution in [1.82, 2.24) is 9.97 Å². The molecular weight excluding hydrogens is 286 g/mol. The molecule has 0 spiro atoms. The van der Waals surface area contributed by atoms with Crippen LogP contribution in [0.15, 0.2) is 29.1 Å². The Morgan fingerprint density at radius 2 is 2.10 bits per heavy atom. The molecule has 2 saturated carbocycles. The van der Waals surface area contributed by atoms with Gasteiger partial charge in [0.05, 0.1) is 12.5 Å². The summed E-state index contributed by atoms with van der Waals surface area (Å²) in [7, 11) is 0. The van der Waals surface area contributed by atoms with E-state index in [2.05, 4.69) is 9.88 Å². The summed E-state index contributed by atoms with van der Waals surface area (Å²) < 4.78 is 5.18. The molecule has 0 amide bonds. The number of furan rings is 1. The second-order valence-electron chi connectivity index (χ2n) is 6.03. The van der Waals surface area contributed by atoms with Crippen LogP contribution in [0.25, 0.3) is 0 Å². The SMILES string of the molecule is Clc1cc(N(Cc2ccoc2)C2CC2)nc(C2CCC2)n1. The van der Waals surface area contributed by atoms with Crippen molar-refractivity contribution < 1.29 is 4.42 Å². The topological polar surface area (TPSA) is 42.2 Å². The first-order valence-electron chi connectivity index (χ1n) is 7.62. The second-order valence-corrected chi connectivity index (χ2v) is 6.41. The Bertz CT molecular complexity index is 620. The molecule has 4 rings (SSSR count). The number of hydrogen-bond donors (Lipinski definition) is 0. The Morgan fingerprint density at radius 1 is 1.24 bits per heavy atom. The molecule has 21 heavy (non-hydrogen) atoms. The maximum Gasteiger partial charge on any atom is 0.135 e. The van der Waals surface area contributed by atoms with E-state index in [1.807, 2.05) is 12.1 Å². The summed E-state index contributed by atoms with van der Waals surface area (Å²) in [6, 6.07) is 4.47. The fraction of sp³-hybridized carbons (Fsp3) is 0.500. The van der Waals surface area contributed by atoms with Crippen LogP contribution in [0.1, 0.15) is 49.4 Å². The summed E-state index contributed by atoms with van der Waals surface area (Å²) in [6.07, 6.45) is 9.60. The molecule has 0 N–H and O–H groups in total. The number of anilines is 1. The van der Waals surface area contributed by atoms with Gasteiger partial charge < -0.3 is 9.32 Å². The summed E-state index contributed by atoms with van der Waals surface area (Å²) >= 11 is 6.23. The van der Waals surface area contributed by atoms with Crippen molar-refractivity contribution in [2.75, 3.05) is 4.90 Å². The second kappa shape index (κ2) is 5.34. The average Bonchev–Trinajstić information content (AvgIpc) is 3.10. The molecule has 110 valence electrons. The first kappa shape index (κ1) is 13.1. The number of rotatable bonds is 5. The Hall–Kier alpha value is -1.55. The van der Waals surface area contributed by atoms with Gasteiger partial charge in [0.25, 0.3) is 0 Å². The highest BCUT2D eigenvalue weighted by molar-refractivity contribution is 6.29. The van der Waals surface area contributed by atoms with Gasteiger partial charge in [0.15, 0.2) is 0 Å². The summed E-state index contributed by atoms with van der Waals surface area (Å²) in [5, 5.41) is 0.555. The van der Waals surface area contributed by atoms with Crippen molar-refractivity contribution in [3.8, 4) is 0 Å². The van der Waals surface area contributed by atoms with E-state index in [-0.39, 0.29) is 0 Å². The first-order valence-corrected chi connectivity index (χ1v) is 7.99. The summed E-state index contributed by atoms with van der Waals surface area (Å²) in [4.78, 5) is 11.6. The van der Waals surface area contributed by atoms with Gasteiger partial charge in [-0.25, -0.2) is 9.97 Å². The molecule has 0 bridgehead atoms. The van der Waals surface area contributed by atoms with E-state index >= 15 is 0 Å². The van der Waals surface area contributed by atoms with E-state index in [1.54, 1.807) is 12.5 Å². The lowest BCUT2D eigenvalue weighted by Gasteiger charge is -2.27. The molecular formula is C16H18ClN3O. The van der Waals surface area contributed by atoms with Crippen LogP contribution < -0.4 is 4.90 Å². The average molecular weight is 304 g/mol. The molecule has 0 atom stereocenters. The molecule has 2 aliphatic carbocycles. The van der Waals surface area contributed by atoms with Gasteiger partial charge in [-0.3, -0.25) is 0 Å². The third-order valence-corrected chi connectivity index (χ3v) is 4.58. The highest BCUT2D eigenvalue weighted by Crippen LogP contribution is 2.37. The molecule has 5 heteroatoms. The maximum absolute atomic E-state index is 6.23. The van der Waals surface area contributed by atoms with Gasteiger partial charge in [-0.05, 0) is 31.7 Å². The Morgan fingerprint density at radius 3 is 2.71 bits per heavy atom. The van der Waals surface area contributed by atoms with Gasteiger partial charge in [0.2, 0.25) is 0 Å². The van der Waals surface area contributed by atoms with E-state index < -0.39 is 0 Å². The molecule has 0 saturated heterocycles. The molecule has 0 aliphatic heterocycles. The Labute approximate surface area is 129 Å². The molecule has 2 aliphatic rings. The standard InChI is InChI=1S/C16H18ClN3O/c17-14-8-15(19-16(18-14)12-2-1-3-12)20(13-4-5-13)9-11-6-7-21-10-11/h6-8,10,12-13H,1-5,9H2. The molecule has 2 heterocycles. The van der Waals surface area contributed by atoms with Crippen LogP contribution >= 0.6 is 11.6 Å². The molecule has 0 radical (unpaired) electrons. The van der Waals surface area contributed by atoms with Crippen LogP contribution in [0, 0.1) is 0 Å². The van der Waals surface area contributed by atoms with E-state index in [0.717, 1.165) is 18.2 Å². The normalized spacial score (nSPS) is 18.5. The number of nitrogens with zero attached hydrogens (tertiary/aromatic N) is 3. The molecule has 0 unspecified atom stereocenters. The van der Waals surface area contributed by atoms with Gasteiger partial charge in [-0.15, -0.1) is 0 Å². The number of hydrogen-bond acceptors (Lipinski definition) is 4. The van der Waals surface area contributed by atoms with Crippen molar-refractivity contribution >= 4 is 17.4 Å².